The second-order valence-electron chi connectivity index (χ2n) is 11.4. The van der Waals surface area contributed by atoms with Gasteiger partial charge in [0.15, 0.2) is 6.29 Å². The van der Waals surface area contributed by atoms with Crippen molar-refractivity contribution in [3.05, 3.63) is 130 Å². The molecular formula is C35H30Cl2N10O2. The minimum Gasteiger partial charge on any atom is -0.362 e. The summed E-state index contributed by atoms with van der Waals surface area (Å²) < 4.78 is 8.27. The van der Waals surface area contributed by atoms with Crippen LogP contribution in [-0.4, -0.2) is 69.5 Å². The lowest BCUT2D eigenvalue weighted by Gasteiger charge is -2.13. The van der Waals surface area contributed by atoms with Gasteiger partial charge in [-0.05, 0) is 24.3 Å². The average Bonchev–Trinajstić information content (AvgIpc) is 3.94. The van der Waals surface area contributed by atoms with E-state index < -0.39 is 0 Å². The van der Waals surface area contributed by atoms with Crippen LogP contribution < -0.4 is 5.56 Å². The summed E-state index contributed by atoms with van der Waals surface area (Å²) in [6.45, 7) is 2.36. The molecule has 0 saturated carbocycles. The number of fused-ring (bicyclic) bond motifs is 1. The molecule has 5 aromatic heterocycles. The fourth-order valence-corrected chi connectivity index (χ4v) is 6.27. The first-order chi connectivity index (χ1) is 23.9. The van der Waals surface area contributed by atoms with Gasteiger partial charge >= 0.3 is 0 Å². The first-order valence-corrected chi connectivity index (χ1v) is 16.2. The molecule has 7 rings (SSSR count). The minimum absolute atomic E-state index is 0.164. The number of hydrogen-bond donors (Lipinski definition) is 0. The molecular weight excluding hydrogens is 663 g/mol. The molecule has 0 spiro atoms. The van der Waals surface area contributed by atoms with Crippen molar-refractivity contribution in [2.75, 3.05) is 13.6 Å². The smallest absolute Gasteiger partial charge is 0.277 e. The van der Waals surface area contributed by atoms with Gasteiger partial charge in [-0.3, -0.25) is 23.5 Å². The van der Waals surface area contributed by atoms with Crippen molar-refractivity contribution < 1.29 is 4.79 Å². The molecule has 2 aromatic carbocycles. The SMILES string of the molecule is CN(/C=N\n1cc(-c2cccc(-c3cccc(-c4cc5c(=O)n(CCn6cccn6)cnn5c4)c3Cl)c2Cl)cc1C=O)CCn1cccn1. The van der Waals surface area contributed by atoms with Crippen LogP contribution in [-0.2, 0) is 19.6 Å². The van der Waals surface area contributed by atoms with E-state index in [0.29, 0.717) is 47.4 Å². The number of likely N-dealkylation sites (N-methyl/N-ethyl adjacent to an activating group) is 1. The Kier molecular flexibility index (Phi) is 8.97. The largest absolute Gasteiger partial charge is 0.362 e. The summed E-state index contributed by atoms with van der Waals surface area (Å²) in [5, 5.41) is 18.3. The molecule has 49 heavy (non-hydrogen) atoms. The number of aryl methyl sites for hydroxylation is 2. The Hall–Kier alpha value is -5.72. The molecule has 0 N–H and O–H groups in total. The third kappa shape index (κ3) is 6.56. The molecule has 0 radical (unpaired) electrons. The molecule has 0 aliphatic heterocycles. The third-order valence-electron chi connectivity index (χ3n) is 8.20. The van der Waals surface area contributed by atoms with Gasteiger partial charge in [-0.25, -0.2) is 9.19 Å². The van der Waals surface area contributed by atoms with Gasteiger partial charge in [0.2, 0.25) is 0 Å². The lowest BCUT2D eigenvalue weighted by atomic mass is 9.97. The number of aldehydes is 1. The quantitative estimate of drug-likeness (QED) is 0.0891. The van der Waals surface area contributed by atoms with Crippen molar-refractivity contribution in [2.24, 2.45) is 5.10 Å². The molecule has 0 unspecified atom stereocenters. The number of carbonyl (C=O) groups is 1. The lowest BCUT2D eigenvalue weighted by Crippen LogP contribution is -2.24. The maximum atomic E-state index is 13.3. The van der Waals surface area contributed by atoms with Crippen LogP contribution in [0.1, 0.15) is 10.5 Å². The van der Waals surface area contributed by atoms with Crippen molar-refractivity contribution in [3.63, 3.8) is 0 Å². The Bertz CT molecular complexity index is 2340. The zero-order chi connectivity index (χ0) is 33.9. The van der Waals surface area contributed by atoms with Gasteiger partial charge in [-0.2, -0.15) is 20.4 Å². The monoisotopic (exact) mass is 692 g/mol. The van der Waals surface area contributed by atoms with E-state index in [2.05, 4.69) is 20.4 Å². The Labute approximate surface area is 290 Å². The van der Waals surface area contributed by atoms with Crippen LogP contribution in [0, 0.1) is 0 Å². The summed E-state index contributed by atoms with van der Waals surface area (Å²) in [6, 6.07) is 18.6. The molecule has 12 nitrogen and oxygen atoms in total. The summed E-state index contributed by atoms with van der Waals surface area (Å²) >= 11 is 14.1. The fourth-order valence-electron chi connectivity index (χ4n) is 5.60. The maximum Gasteiger partial charge on any atom is 0.277 e. The number of hydrogen-bond acceptors (Lipinski definition) is 6. The topological polar surface area (TPSA) is 113 Å². The average molecular weight is 694 g/mol. The maximum absolute atomic E-state index is 13.3. The predicted octanol–water partition coefficient (Wildman–Crippen LogP) is 5.93. The third-order valence-corrected chi connectivity index (χ3v) is 9.01. The minimum atomic E-state index is -0.164. The molecule has 246 valence electrons. The summed E-state index contributed by atoms with van der Waals surface area (Å²) in [7, 11) is 1.91. The van der Waals surface area contributed by atoms with Crippen LogP contribution in [0.4, 0.5) is 0 Å². The summed E-state index contributed by atoms with van der Waals surface area (Å²) in [5.41, 5.74) is 5.01. The summed E-state index contributed by atoms with van der Waals surface area (Å²) in [4.78, 5) is 27.2. The van der Waals surface area contributed by atoms with Gasteiger partial charge in [-0.1, -0.05) is 59.6 Å². The van der Waals surface area contributed by atoms with Gasteiger partial charge < -0.3 is 4.90 Å². The van der Waals surface area contributed by atoms with E-state index in [1.165, 1.54) is 11.0 Å². The predicted molar refractivity (Wildman–Crippen MR) is 190 cm³/mol. The highest BCUT2D eigenvalue weighted by Gasteiger charge is 2.18. The first kappa shape index (κ1) is 31.9. The van der Waals surface area contributed by atoms with E-state index in [1.54, 1.807) is 57.0 Å². The van der Waals surface area contributed by atoms with Crippen molar-refractivity contribution in [2.45, 2.75) is 19.6 Å². The standard InChI is InChI=1S/C35H30Cl2N10O2/c1-42(14-16-44-12-4-10-38-44)23-40-46-20-25(18-27(46)22-48)28-6-2-8-30(33(28)36)31-9-3-7-29(34(31)37)26-19-32-35(49)43(24-41-47(32)21-26)15-17-45-13-5-11-39-45/h2-13,18-24H,14-17H2,1H3/b40-23-. The van der Waals surface area contributed by atoms with Crippen molar-refractivity contribution in [1.29, 1.82) is 0 Å². The Morgan fingerprint density at radius 2 is 1.43 bits per heavy atom. The lowest BCUT2D eigenvalue weighted by molar-refractivity contribution is 0.111. The molecule has 0 atom stereocenters. The highest BCUT2D eigenvalue weighted by molar-refractivity contribution is 6.39. The van der Waals surface area contributed by atoms with Gasteiger partial charge in [0.05, 0.1) is 23.1 Å². The zero-order valence-electron chi connectivity index (χ0n) is 26.3. The van der Waals surface area contributed by atoms with Crippen LogP contribution in [0.5, 0.6) is 0 Å². The zero-order valence-corrected chi connectivity index (χ0v) is 27.9. The molecule has 5 heterocycles. The number of rotatable bonds is 12. The number of halogens is 2. The van der Waals surface area contributed by atoms with Gasteiger partial charge in [0.1, 0.15) is 23.9 Å². The van der Waals surface area contributed by atoms with Crippen LogP contribution in [0.15, 0.2) is 114 Å². The van der Waals surface area contributed by atoms with Crippen molar-refractivity contribution in [3.8, 4) is 33.4 Å². The van der Waals surface area contributed by atoms with Crippen LogP contribution in [0.3, 0.4) is 0 Å². The van der Waals surface area contributed by atoms with E-state index in [9.17, 15) is 9.59 Å². The highest BCUT2D eigenvalue weighted by Crippen LogP contribution is 2.42. The highest BCUT2D eigenvalue weighted by atomic mass is 35.5. The normalized spacial score (nSPS) is 11.6. The Morgan fingerprint density at radius 3 is 2.06 bits per heavy atom. The fraction of sp³-hybridized carbons (Fsp3) is 0.143. The molecule has 0 fully saturated rings. The van der Waals surface area contributed by atoms with Crippen molar-refractivity contribution in [1.82, 2.24) is 43.3 Å². The first-order valence-electron chi connectivity index (χ1n) is 15.4. The molecule has 0 aliphatic carbocycles. The second-order valence-corrected chi connectivity index (χ2v) is 12.1. The van der Waals surface area contributed by atoms with Crippen LogP contribution in [0.25, 0.3) is 38.9 Å². The van der Waals surface area contributed by atoms with E-state index >= 15 is 0 Å². The van der Waals surface area contributed by atoms with E-state index in [4.69, 9.17) is 23.2 Å². The second kappa shape index (κ2) is 13.8. The molecule has 14 heteroatoms. The Balaban J connectivity index is 1.16. The van der Waals surface area contributed by atoms with Gasteiger partial charge in [0, 0.05) is 90.7 Å². The van der Waals surface area contributed by atoms with E-state index in [0.717, 1.165) is 39.7 Å². The number of benzene rings is 2. The number of nitrogens with zero attached hydrogens (tertiary/aromatic N) is 10. The van der Waals surface area contributed by atoms with Gasteiger partial charge in [0.25, 0.3) is 5.56 Å². The molecule has 0 aliphatic rings. The van der Waals surface area contributed by atoms with Crippen LogP contribution in [0.2, 0.25) is 10.0 Å². The Morgan fingerprint density at radius 1 is 0.796 bits per heavy atom. The van der Waals surface area contributed by atoms with E-state index in [1.807, 2.05) is 77.6 Å². The van der Waals surface area contributed by atoms with E-state index in [-0.39, 0.29) is 5.56 Å². The summed E-state index contributed by atoms with van der Waals surface area (Å²) in [5.74, 6) is 0. The summed E-state index contributed by atoms with van der Waals surface area (Å²) in [6.07, 6.45) is 14.7. The molecule has 0 bridgehead atoms. The number of carbonyl (C=O) groups excluding carboxylic acids is 1. The van der Waals surface area contributed by atoms with Crippen LogP contribution >= 0.6 is 23.2 Å². The molecule has 0 amide bonds. The van der Waals surface area contributed by atoms with Gasteiger partial charge in [-0.15, -0.1) is 0 Å². The molecule has 0 saturated heterocycles. The number of aromatic nitrogens is 8. The van der Waals surface area contributed by atoms with Crippen molar-refractivity contribution >= 4 is 41.3 Å². The molecule has 7 aromatic rings.